The maximum Gasteiger partial charge on any atom is 0.416 e. The van der Waals surface area contributed by atoms with E-state index in [4.69, 9.17) is 9.84 Å². The SMILES string of the molecule is CI.COc1ccc(C(F)(F)F)cc1.Oc1ccc(C(F)(F)F)cc1. The van der Waals surface area contributed by atoms with Gasteiger partial charge in [-0.1, -0.05) is 22.6 Å². The molecule has 0 radical (unpaired) electrons. The molecule has 0 amide bonds. The van der Waals surface area contributed by atoms with Crippen molar-refractivity contribution in [3.63, 3.8) is 0 Å². The van der Waals surface area contributed by atoms with Gasteiger partial charge in [0.1, 0.15) is 11.5 Å². The van der Waals surface area contributed by atoms with E-state index in [1.807, 2.05) is 4.93 Å². The molecule has 1 N–H and O–H groups in total. The first-order chi connectivity index (χ1) is 11.5. The number of alkyl halides is 7. The van der Waals surface area contributed by atoms with Crippen LogP contribution in [0.3, 0.4) is 0 Å². The molecule has 0 spiro atoms. The van der Waals surface area contributed by atoms with Gasteiger partial charge in [-0.25, -0.2) is 0 Å². The molecular weight excluding hydrogens is 465 g/mol. The van der Waals surface area contributed by atoms with Gasteiger partial charge in [0.25, 0.3) is 0 Å². The summed E-state index contributed by atoms with van der Waals surface area (Å²) in [5.41, 5.74) is -1.42. The van der Waals surface area contributed by atoms with Gasteiger partial charge >= 0.3 is 12.4 Å². The van der Waals surface area contributed by atoms with Crippen LogP contribution in [0.4, 0.5) is 26.3 Å². The highest BCUT2D eigenvalue weighted by atomic mass is 127. The second-order valence-corrected chi connectivity index (χ2v) is 4.27. The highest BCUT2D eigenvalue weighted by molar-refractivity contribution is 14.1. The number of rotatable bonds is 1. The number of phenols is 1. The molecule has 0 saturated carbocycles. The van der Waals surface area contributed by atoms with Crippen molar-refractivity contribution >= 4 is 22.6 Å². The average Bonchev–Trinajstić information content (AvgIpc) is 2.56. The summed E-state index contributed by atoms with van der Waals surface area (Å²) in [5.74, 6) is 0.251. The van der Waals surface area contributed by atoms with Crippen molar-refractivity contribution in [1.82, 2.24) is 0 Å². The third kappa shape index (κ3) is 8.84. The molecule has 0 atom stereocenters. The Kier molecular flexibility index (Phi) is 9.68. The summed E-state index contributed by atoms with van der Waals surface area (Å²) >= 11 is 2.15. The van der Waals surface area contributed by atoms with Crippen LogP contribution in [0.1, 0.15) is 11.1 Å². The second-order valence-electron chi connectivity index (χ2n) is 4.27. The minimum atomic E-state index is -4.33. The molecule has 140 valence electrons. The molecule has 2 rings (SSSR count). The Balaban J connectivity index is 0.000000421. The Morgan fingerprint density at radius 3 is 1.32 bits per heavy atom. The fourth-order valence-electron chi connectivity index (χ4n) is 1.43. The summed E-state index contributed by atoms with van der Waals surface area (Å²) < 4.78 is 76.2. The van der Waals surface area contributed by atoms with Crippen LogP contribution in [-0.2, 0) is 12.4 Å². The summed E-state index contributed by atoms with van der Waals surface area (Å²) in [6.07, 6.45) is -8.60. The van der Waals surface area contributed by atoms with E-state index in [2.05, 4.69) is 22.6 Å². The molecule has 0 aliphatic heterocycles. The van der Waals surface area contributed by atoms with Crippen LogP contribution in [0, 0.1) is 0 Å². The minimum Gasteiger partial charge on any atom is -0.508 e. The van der Waals surface area contributed by atoms with Crippen LogP contribution in [0.2, 0.25) is 0 Å². The molecule has 25 heavy (non-hydrogen) atoms. The Morgan fingerprint density at radius 1 is 0.720 bits per heavy atom. The molecule has 2 aromatic rings. The molecule has 0 heterocycles. The monoisotopic (exact) mass is 480 g/mol. The van der Waals surface area contributed by atoms with E-state index in [-0.39, 0.29) is 5.75 Å². The van der Waals surface area contributed by atoms with Crippen LogP contribution in [0.5, 0.6) is 11.5 Å². The lowest BCUT2D eigenvalue weighted by atomic mass is 10.2. The summed E-state index contributed by atoms with van der Waals surface area (Å²) in [4.78, 5) is 1.97. The standard InChI is InChI=1S/C8H7F3O.C7H5F3O.CH3I/c1-12-7-4-2-6(3-5-7)8(9,10)11;8-7(9,10)5-1-3-6(11)4-2-5;1-2/h2-5H,1H3;1-4,11H;1H3. The third-order valence-corrected chi connectivity index (χ3v) is 2.61. The highest BCUT2D eigenvalue weighted by Gasteiger charge is 2.30. The average molecular weight is 480 g/mol. The van der Waals surface area contributed by atoms with Crippen molar-refractivity contribution in [2.45, 2.75) is 12.4 Å². The van der Waals surface area contributed by atoms with E-state index < -0.39 is 23.5 Å². The minimum absolute atomic E-state index is 0.169. The number of ether oxygens (including phenoxy) is 1. The number of halogens is 7. The zero-order valence-corrected chi connectivity index (χ0v) is 15.3. The van der Waals surface area contributed by atoms with E-state index in [9.17, 15) is 26.3 Å². The van der Waals surface area contributed by atoms with Crippen molar-refractivity contribution < 1.29 is 36.2 Å². The van der Waals surface area contributed by atoms with Crippen molar-refractivity contribution in [3.8, 4) is 11.5 Å². The van der Waals surface area contributed by atoms with Gasteiger partial charge in [-0.05, 0) is 53.5 Å². The van der Waals surface area contributed by atoms with Gasteiger partial charge in [0, 0.05) is 0 Å². The van der Waals surface area contributed by atoms with Crippen molar-refractivity contribution in [1.29, 1.82) is 0 Å². The van der Waals surface area contributed by atoms with Gasteiger partial charge in [-0.3, -0.25) is 0 Å². The second kappa shape index (κ2) is 10.4. The maximum absolute atomic E-state index is 12.0. The van der Waals surface area contributed by atoms with Gasteiger partial charge < -0.3 is 9.84 Å². The van der Waals surface area contributed by atoms with E-state index in [1.165, 1.54) is 19.2 Å². The van der Waals surface area contributed by atoms with Crippen LogP contribution in [0.25, 0.3) is 0 Å². The number of hydrogen-bond donors (Lipinski definition) is 1. The maximum atomic E-state index is 12.0. The van der Waals surface area contributed by atoms with Gasteiger partial charge in [-0.2, -0.15) is 26.3 Å². The Labute approximate surface area is 154 Å². The smallest absolute Gasteiger partial charge is 0.416 e. The molecule has 2 aromatic carbocycles. The van der Waals surface area contributed by atoms with Gasteiger partial charge in [0.05, 0.1) is 18.2 Å². The van der Waals surface area contributed by atoms with E-state index in [0.717, 1.165) is 36.4 Å². The number of hydrogen-bond acceptors (Lipinski definition) is 2. The normalized spacial score (nSPS) is 10.8. The first-order valence-corrected chi connectivity index (χ1v) is 8.65. The molecule has 2 nitrogen and oxygen atoms in total. The highest BCUT2D eigenvalue weighted by Crippen LogP contribution is 2.30. The Hall–Kier alpha value is -1.65. The van der Waals surface area contributed by atoms with Crippen LogP contribution in [0.15, 0.2) is 48.5 Å². The molecule has 0 saturated heterocycles. The Morgan fingerprint density at radius 2 is 1.04 bits per heavy atom. The van der Waals surface area contributed by atoms with E-state index in [0.29, 0.717) is 5.75 Å². The molecular formula is C16H15F6IO2. The first kappa shape index (κ1) is 23.4. The lowest BCUT2D eigenvalue weighted by molar-refractivity contribution is -0.138. The largest absolute Gasteiger partial charge is 0.508 e. The van der Waals surface area contributed by atoms with Gasteiger partial charge in [-0.15, -0.1) is 0 Å². The van der Waals surface area contributed by atoms with E-state index >= 15 is 0 Å². The zero-order chi connectivity index (χ0) is 19.7. The molecule has 0 aromatic heterocycles. The molecule has 0 aliphatic carbocycles. The molecule has 0 bridgehead atoms. The lowest BCUT2D eigenvalue weighted by Gasteiger charge is -2.06. The molecule has 9 heteroatoms. The first-order valence-electron chi connectivity index (χ1n) is 6.49. The zero-order valence-electron chi connectivity index (χ0n) is 13.1. The van der Waals surface area contributed by atoms with E-state index in [1.54, 1.807) is 0 Å². The quantitative estimate of drug-likeness (QED) is 0.301. The number of methoxy groups -OCH3 is 1. The van der Waals surface area contributed by atoms with Crippen molar-refractivity contribution in [2.75, 3.05) is 12.0 Å². The number of benzene rings is 2. The molecule has 0 unspecified atom stereocenters. The van der Waals surface area contributed by atoms with Crippen LogP contribution < -0.4 is 4.74 Å². The lowest BCUT2D eigenvalue weighted by Crippen LogP contribution is -2.03. The fraction of sp³-hybridized carbons (Fsp3) is 0.250. The number of aromatic hydroxyl groups is 1. The predicted octanol–water partition coefficient (Wildman–Crippen LogP) is 6.18. The van der Waals surface area contributed by atoms with Crippen LogP contribution >= 0.6 is 22.6 Å². The topological polar surface area (TPSA) is 29.5 Å². The summed E-state index contributed by atoms with van der Waals surface area (Å²) in [6.45, 7) is 0. The molecule has 0 fully saturated rings. The predicted molar refractivity (Wildman–Crippen MR) is 91.0 cm³/mol. The van der Waals surface area contributed by atoms with Gasteiger partial charge in [0.2, 0.25) is 0 Å². The summed E-state index contributed by atoms with van der Waals surface area (Å²) in [6, 6.07) is 8.19. The summed E-state index contributed by atoms with van der Waals surface area (Å²) in [7, 11) is 1.41. The summed E-state index contributed by atoms with van der Waals surface area (Å²) in [5, 5.41) is 8.66. The third-order valence-electron chi connectivity index (χ3n) is 2.61. The fourth-order valence-corrected chi connectivity index (χ4v) is 1.43. The van der Waals surface area contributed by atoms with Crippen molar-refractivity contribution in [2.24, 2.45) is 0 Å². The van der Waals surface area contributed by atoms with Gasteiger partial charge in [0.15, 0.2) is 0 Å². The number of phenolic OH excluding ortho intramolecular Hbond substituents is 1. The molecule has 0 aliphatic rings. The Bertz CT molecular complexity index is 607. The van der Waals surface area contributed by atoms with Crippen LogP contribution in [-0.4, -0.2) is 17.1 Å². The van der Waals surface area contributed by atoms with Crippen molar-refractivity contribution in [3.05, 3.63) is 59.7 Å².